The highest BCUT2D eigenvalue weighted by atomic mass is 16.5. The molecule has 0 aliphatic carbocycles. The second-order valence-electron chi connectivity index (χ2n) is 3.83. The zero-order valence-electron chi connectivity index (χ0n) is 10.1. The van der Waals surface area contributed by atoms with Crippen LogP contribution in [-0.2, 0) is 13.0 Å². The van der Waals surface area contributed by atoms with Crippen LogP contribution >= 0.6 is 0 Å². The third-order valence-corrected chi connectivity index (χ3v) is 2.34. The lowest BCUT2D eigenvalue weighted by Gasteiger charge is -2.10. The SMILES string of the molecule is CCn1ncc(OC)c1CCNC(C)C. The summed E-state index contributed by atoms with van der Waals surface area (Å²) in [6.07, 6.45) is 2.74. The van der Waals surface area contributed by atoms with Gasteiger partial charge in [0, 0.05) is 25.6 Å². The molecule has 4 nitrogen and oxygen atoms in total. The normalized spacial score (nSPS) is 11.0. The van der Waals surface area contributed by atoms with E-state index in [-0.39, 0.29) is 0 Å². The van der Waals surface area contributed by atoms with Gasteiger partial charge in [-0.3, -0.25) is 4.68 Å². The molecular formula is C11H21N3O. The first kappa shape index (κ1) is 12.0. The van der Waals surface area contributed by atoms with Crippen molar-refractivity contribution in [3.63, 3.8) is 0 Å². The first-order valence-corrected chi connectivity index (χ1v) is 5.51. The number of ether oxygens (including phenoxy) is 1. The molecule has 0 bridgehead atoms. The molecule has 0 radical (unpaired) electrons. The van der Waals surface area contributed by atoms with Crippen molar-refractivity contribution in [1.29, 1.82) is 0 Å². The van der Waals surface area contributed by atoms with Crippen molar-refractivity contribution in [2.45, 2.75) is 39.8 Å². The maximum absolute atomic E-state index is 5.27. The Kier molecular flexibility index (Phi) is 4.62. The van der Waals surface area contributed by atoms with Gasteiger partial charge in [-0.15, -0.1) is 0 Å². The number of nitrogens with one attached hydrogen (secondary N) is 1. The van der Waals surface area contributed by atoms with Gasteiger partial charge in [0.2, 0.25) is 0 Å². The molecular weight excluding hydrogens is 190 g/mol. The standard InChI is InChI=1S/C11H21N3O/c1-5-14-10(6-7-12-9(2)3)11(15-4)8-13-14/h8-9,12H,5-7H2,1-4H3. The van der Waals surface area contributed by atoms with Crippen molar-refractivity contribution in [3.05, 3.63) is 11.9 Å². The van der Waals surface area contributed by atoms with Gasteiger partial charge in [-0.2, -0.15) is 5.10 Å². The van der Waals surface area contributed by atoms with Crippen LogP contribution < -0.4 is 10.1 Å². The fraction of sp³-hybridized carbons (Fsp3) is 0.727. The highest BCUT2D eigenvalue weighted by Gasteiger charge is 2.09. The number of aryl methyl sites for hydroxylation is 1. The molecule has 86 valence electrons. The molecule has 1 aromatic heterocycles. The van der Waals surface area contributed by atoms with Gasteiger partial charge in [0.25, 0.3) is 0 Å². The lowest BCUT2D eigenvalue weighted by Crippen LogP contribution is -2.25. The molecule has 1 aromatic rings. The first-order valence-electron chi connectivity index (χ1n) is 5.51. The minimum atomic E-state index is 0.522. The minimum absolute atomic E-state index is 0.522. The van der Waals surface area contributed by atoms with Crippen LogP contribution in [-0.4, -0.2) is 29.5 Å². The highest BCUT2D eigenvalue weighted by molar-refractivity contribution is 5.25. The Morgan fingerprint density at radius 2 is 2.27 bits per heavy atom. The Morgan fingerprint density at radius 3 is 2.80 bits per heavy atom. The highest BCUT2D eigenvalue weighted by Crippen LogP contribution is 2.17. The van der Waals surface area contributed by atoms with Gasteiger partial charge < -0.3 is 10.1 Å². The molecule has 0 spiro atoms. The van der Waals surface area contributed by atoms with Gasteiger partial charge in [0.05, 0.1) is 19.0 Å². The Morgan fingerprint density at radius 1 is 1.53 bits per heavy atom. The van der Waals surface area contributed by atoms with E-state index in [0.29, 0.717) is 6.04 Å². The molecule has 1 N–H and O–H groups in total. The number of aromatic nitrogens is 2. The summed E-state index contributed by atoms with van der Waals surface area (Å²) in [6, 6.07) is 0.522. The summed E-state index contributed by atoms with van der Waals surface area (Å²) in [5, 5.41) is 7.66. The molecule has 1 rings (SSSR count). The topological polar surface area (TPSA) is 39.1 Å². The van der Waals surface area contributed by atoms with Gasteiger partial charge in [0.15, 0.2) is 5.75 Å². The first-order chi connectivity index (χ1) is 7.19. The Labute approximate surface area is 91.6 Å². The predicted octanol–water partition coefficient (Wildman–Crippen LogP) is 1.45. The fourth-order valence-corrected chi connectivity index (χ4v) is 1.57. The quantitative estimate of drug-likeness (QED) is 0.774. The smallest absolute Gasteiger partial charge is 0.159 e. The summed E-state index contributed by atoms with van der Waals surface area (Å²) in [6.45, 7) is 8.23. The maximum atomic E-state index is 5.27. The van der Waals surface area contributed by atoms with Crippen LogP contribution in [0.1, 0.15) is 26.5 Å². The molecule has 0 aliphatic heterocycles. The number of rotatable bonds is 6. The van der Waals surface area contributed by atoms with E-state index in [1.165, 1.54) is 5.69 Å². The zero-order valence-corrected chi connectivity index (χ0v) is 10.1. The number of nitrogens with zero attached hydrogens (tertiary/aromatic N) is 2. The van der Waals surface area contributed by atoms with Gasteiger partial charge in [0.1, 0.15) is 0 Å². The number of hydrogen-bond donors (Lipinski definition) is 1. The van der Waals surface area contributed by atoms with Crippen LogP contribution in [0.4, 0.5) is 0 Å². The van der Waals surface area contributed by atoms with E-state index < -0.39 is 0 Å². The summed E-state index contributed by atoms with van der Waals surface area (Å²) in [5.41, 5.74) is 1.17. The van der Waals surface area contributed by atoms with E-state index in [0.717, 1.165) is 25.3 Å². The average molecular weight is 211 g/mol. The van der Waals surface area contributed by atoms with Crippen molar-refractivity contribution in [2.75, 3.05) is 13.7 Å². The third kappa shape index (κ3) is 3.23. The van der Waals surface area contributed by atoms with Crippen LogP contribution in [0.25, 0.3) is 0 Å². The molecule has 4 heteroatoms. The molecule has 0 amide bonds. The molecule has 0 saturated carbocycles. The lowest BCUT2D eigenvalue weighted by atomic mass is 10.2. The summed E-state index contributed by atoms with van der Waals surface area (Å²) >= 11 is 0. The molecule has 0 unspecified atom stereocenters. The average Bonchev–Trinajstić information content (AvgIpc) is 2.59. The van der Waals surface area contributed by atoms with Gasteiger partial charge >= 0.3 is 0 Å². The predicted molar refractivity (Wildman–Crippen MR) is 61.3 cm³/mol. The molecule has 0 aromatic carbocycles. The van der Waals surface area contributed by atoms with Gasteiger partial charge in [-0.25, -0.2) is 0 Å². The monoisotopic (exact) mass is 211 g/mol. The largest absolute Gasteiger partial charge is 0.493 e. The Hall–Kier alpha value is -1.03. The van der Waals surface area contributed by atoms with Crippen LogP contribution in [0.15, 0.2) is 6.20 Å². The molecule has 0 atom stereocenters. The van der Waals surface area contributed by atoms with E-state index in [9.17, 15) is 0 Å². The van der Waals surface area contributed by atoms with Crippen LogP contribution in [0.2, 0.25) is 0 Å². The molecule has 0 fully saturated rings. The van der Waals surface area contributed by atoms with Crippen molar-refractivity contribution in [3.8, 4) is 5.75 Å². The molecule has 0 saturated heterocycles. The lowest BCUT2D eigenvalue weighted by molar-refractivity contribution is 0.406. The van der Waals surface area contributed by atoms with Crippen molar-refractivity contribution < 1.29 is 4.74 Å². The van der Waals surface area contributed by atoms with Crippen molar-refractivity contribution in [1.82, 2.24) is 15.1 Å². The number of hydrogen-bond acceptors (Lipinski definition) is 3. The summed E-state index contributed by atoms with van der Waals surface area (Å²) in [7, 11) is 1.69. The molecule has 15 heavy (non-hydrogen) atoms. The minimum Gasteiger partial charge on any atom is -0.493 e. The Bertz CT molecular complexity index is 273. The zero-order chi connectivity index (χ0) is 11.3. The van der Waals surface area contributed by atoms with E-state index >= 15 is 0 Å². The van der Waals surface area contributed by atoms with Crippen LogP contribution in [0.5, 0.6) is 5.75 Å². The summed E-state index contributed by atoms with van der Waals surface area (Å²) in [4.78, 5) is 0. The molecule has 1 heterocycles. The van der Waals surface area contributed by atoms with Crippen LogP contribution in [0, 0.1) is 0 Å². The van der Waals surface area contributed by atoms with Crippen molar-refractivity contribution in [2.24, 2.45) is 0 Å². The summed E-state index contributed by atoms with van der Waals surface area (Å²) < 4.78 is 7.26. The molecule has 0 aliphatic rings. The van der Waals surface area contributed by atoms with Gasteiger partial charge in [-0.1, -0.05) is 13.8 Å². The fourth-order valence-electron chi connectivity index (χ4n) is 1.57. The van der Waals surface area contributed by atoms with E-state index in [1.54, 1.807) is 13.3 Å². The third-order valence-electron chi connectivity index (χ3n) is 2.34. The Balaban J connectivity index is 2.60. The van der Waals surface area contributed by atoms with E-state index in [1.807, 2.05) is 4.68 Å². The van der Waals surface area contributed by atoms with Gasteiger partial charge in [-0.05, 0) is 6.92 Å². The van der Waals surface area contributed by atoms with E-state index in [4.69, 9.17) is 4.74 Å². The number of methoxy groups -OCH3 is 1. The van der Waals surface area contributed by atoms with Crippen LogP contribution in [0.3, 0.4) is 0 Å². The van der Waals surface area contributed by atoms with Crippen molar-refractivity contribution >= 4 is 0 Å². The maximum Gasteiger partial charge on any atom is 0.159 e. The van der Waals surface area contributed by atoms with E-state index in [2.05, 4.69) is 31.2 Å². The summed E-state index contributed by atoms with van der Waals surface area (Å²) in [5.74, 6) is 0.891. The second kappa shape index (κ2) is 5.75. The second-order valence-corrected chi connectivity index (χ2v) is 3.83.